The van der Waals surface area contributed by atoms with Gasteiger partial charge < -0.3 is 10.2 Å². The van der Waals surface area contributed by atoms with Crippen molar-refractivity contribution in [3.63, 3.8) is 0 Å². The number of fused-ring (bicyclic) bond motifs is 1. The summed E-state index contributed by atoms with van der Waals surface area (Å²) in [5, 5.41) is 7.14. The Bertz CT molecular complexity index is 682. The number of nitrogens with one attached hydrogen (secondary N) is 1. The highest BCUT2D eigenvalue weighted by Gasteiger charge is 2.27. The molecule has 1 N–H and O–H groups in total. The van der Waals surface area contributed by atoms with Crippen LogP contribution in [0.1, 0.15) is 49.9 Å². The van der Waals surface area contributed by atoms with Crippen LogP contribution in [0.15, 0.2) is 5.38 Å². The van der Waals surface area contributed by atoms with Gasteiger partial charge in [0.05, 0.1) is 5.39 Å². The molecule has 0 amide bonds. The van der Waals surface area contributed by atoms with Gasteiger partial charge in [0, 0.05) is 25.2 Å². The minimum absolute atomic E-state index is 0.546. The molecule has 1 saturated heterocycles. The largest absolute Gasteiger partial charge is 0.367 e. The number of aryl methyl sites for hydroxylation is 2. The molecular weight excluding hydrogens is 304 g/mol. The average Bonchev–Trinajstić information content (AvgIpc) is 3.18. The number of nitrogens with zero attached hydrogens (tertiary/aromatic N) is 3. The van der Waals surface area contributed by atoms with Crippen molar-refractivity contribution in [1.82, 2.24) is 14.9 Å². The molecule has 1 aliphatic carbocycles. The Kier molecular flexibility index (Phi) is 4.24. The minimum atomic E-state index is 0.546. The zero-order valence-corrected chi connectivity index (χ0v) is 15.0. The van der Waals surface area contributed by atoms with E-state index in [4.69, 9.17) is 4.98 Å². The second-order valence-corrected chi connectivity index (χ2v) is 7.97. The highest BCUT2D eigenvalue weighted by Crippen LogP contribution is 2.31. The van der Waals surface area contributed by atoms with Crippen LogP contribution in [0, 0.1) is 13.8 Å². The van der Waals surface area contributed by atoms with Crippen molar-refractivity contribution in [3.05, 3.63) is 16.8 Å². The second kappa shape index (κ2) is 6.36. The lowest BCUT2D eigenvalue weighted by Gasteiger charge is -2.36. The maximum Gasteiger partial charge on any atom is 0.138 e. The Balaban J connectivity index is 1.46. The van der Waals surface area contributed by atoms with Gasteiger partial charge in [-0.2, -0.15) is 0 Å². The first-order valence-electron chi connectivity index (χ1n) is 8.94. The van der Waals surface area contributed by atoms with Crippen molar-refractivity contribution in [3.8, 4) is 0 Å². The van der Waals surface area contributed by atoms with Gasteiger partial charge in [-0.1, -0.05) is 12.8 Å². The predicted molar refractivity (Wildman–Crippen MR) is 97.4 cm³/mol. The molecule has 2 aromatic heterocycles. The van der Waals surface area contributed by atoms with Gasteiger partial charge in [0.2, 0.25) is 0 Å². The summed E-state index contributed by atoms with van der Waals surface area (Å²) in [7, 11) is 0. The van der Waals surface area contributed by atoms with Crippen LogP contribution in [0.2, 0.25) is 0 Å². The first-order valence-corrected chi connectivity index (χ1v) is 9.81. The van der Waals surface area contributed by atoms with Gasteiger partial charge in [0.15, 0.2) is 0 Å². The van der Waals surface area contributed by atoms with Crippen LogP contribution in [0.4, 0.5) is 5.82 Å². The molecule has 124 valence electrons. The molecule has 4 rings (SSSR count). The van der Waals surface area contributed by atoms with Crippen LogP contribution >= 0.6 is 11.3 Å². The van der Waals surface area contributed by atoms with Gasteiger partial charge in [-0.05, 0) is 50.5 Å². The number of hydrogen-bond acceptors (Lipinski definition) is 5. The summed E-state index contributed by atoms with van der Waals surface area (Å²) in [4.78, 5) is 13.1. The number of piperidine rings is 1. The molecule has 0 atom stereocenters. The smallest absolute Gasteiger partial charge is 0.138 e. The van der Waals surface area contributed by atoms with Crippen molar-refractivity contribution in [2.75, 3.05) is 18.4 Å². The van der Waals surface area contributed by atoms with Crippen LogP contribution in [0.5, 0.6) is 0 Å². The van der Waals surface area contributed by atoms with E-state index in [-0.39, 0.29) is 0 Å². The van der Waals surface area contributed by atoms with Crippen molar-refractivity contribution in [1.29, 1.82) is 0 Å². The van der Waals surface area contributed by atoms with Gasteiger partial charge >= 0.3 is 0 Å². The molecule has 0 spiro atoms. The van der Waals surface area contributed by atoms with Crippen molar-refractivity contribution < 1.29 is 0 Å². The van der Waals surface area contributed by atoms with E-state index in [1.54, 1.807) is 11.3 Å². The Morgan fingerprint density at radius 1 is 1.09 bits per heavy atom. The molecule has 2 aromatic rings. The van der Waals surface area contributed by atoms with E-state index in [0.717, 1.165) is 22.5 Å². The fourth-order valence-corrected chi connectivity index (χ4v) is 5.13. The lowest BCUT2D eigenvalue weighted by molar-refractivity contribution is 0.159. The molecule has 23 heavy (non-hydrogen) atoms. The number of anilines is 1. The van der Waals surface area contributed by atoms with E-state index >= 15 is 0 Å². The zero-order chi connectivity index (χ0) is 15.8. The van der Waals surface area contributed by atoms with Gasteiger partial charge in [0.25, 0.3) is 0 Å². The molecule has 1 aliphatic heterocycles. The highest BCUT2D eigenvalue weighted by molar-refractivity contribution is 7.17. The number of thiophene rings is 1. The summed E-state index contributed by atoms with van der Waals surface area (Å²) in [5.74, 6) is 1.91. The molecule has 0 radical (unpaired) electrons. The van der Waals surface area contributed by atoms with Gasteiger partial charge in [-0.25, -0.2) is 9.97 Å². The summed E-state index contributed by atoms with van der Waals surface area (Å²) in [6.07, 6.45) is 8.14. The molecule has 3 heterocycles. The second-order valence-electron chi connectivity index (χ2n) is 7.11. The molecule has 2 aliphatic rings. The first kappa shape index (κ1) is 15.3. The lowest BCUT2D eigenvalue weighted by atomic mass is 10.0. The first-order chi connectivity index (χ1) is 11.2. The van der Waals surface area contributed by atoms with E-state index in [2.05, 4.69) is 27.5 Å². The van der Waals surface area contributed by atoms with Gasteiger partial charge in [-0.15, -0.1) is 11.3 Å². The minimum Gasteiger partial charge on any atom is -0.367 e. The summed E-state index contributed by atoms with van der Waals surface area (Å²) >= 11 is 1.72. The van der Waals surface area contributed by atoms with E-state index in [0.29, 0.717) is 6.04 Å². The Morgan fingerprint density at radius 3 is 2.57 bits per heavy atom. The molecule has 2 fully saturated rings. The third kappa shape index (κ3) is 3.09. The summed E-state index contributed by atoms with van der Waals surface area (Å²) < 4.78 is 0. The third-order valence-corrected chi connectivity index (χ3v) is 6.43. The standard InChI is InChI=1S/C18H26N4S/c1-12-11-23-18-16(12)17(19-13(2)20-18)21-14-7-9-22(10-8-14)15-5-3-4-6-15/h11,14-15H,3-10H2,1-2H3,(H,19,20,21). The molecule has 0 bridgehead atoms. The Hall–Kier alpha value is -1.20. The quantitative estimate of drug-likeness (QED) is 0.919. The molecule has 0 unspecified atom stereocenters. The van der Waals surface area contributed by atoms with Crippen molar-refractivity contribution in [2.24, 2.45) is 0 Å². The molecule has 0 aromatic carbocycles. The third-order valence-electron chi connectivity index (χ3n) is 5.44. The number of likely N-dealkylation sites (tertiary alicyclic amines) is 1. The van der Waals surface area contributed by atoms with Crippen molar-refractivity contribution >= 4 is 27.4 Å². The van der Waals surface area contributed by atoms with E-state index in [1.807, 2.05) is 6.92 Å². The maximum absolute atomic E-state index is 4.70. The van der Waals surface area contributed by atoms with E-state index < -0.39 is 0 Å². The molecule has 5 heteroatoms. The number of rotatable bonds is 3. The fraction of sp³-hybridized carbons (Fsp3) is 0.667. The highest BCUT2D eigenvalue weighted by atomic mass is 32.1. The molecule has 4 nitrogen and oxygen atoms in total. The van der Waals surface area contributed by atoms with E-state index in [1.165, 1.54) is 62.6 Å². The maximum atomic E-state index is 4.70. The summed E-state index contributed by atoms with van der Waals surface area (Å²) in [5.41, 5.74) is 1.29. The van der Waals surface area contributed by atoms with Crippen LogP contribution in [0.25, 0.3) is 10.2 Å². The monoisotopic (exact) mass is 330 g/mol. The normalized spacial score (nSPS) is 21.3. The molecule has 1 saturated carbocycles. The lowest BCUT2D eigenvalue weighted by Crippen LogP contribution is -2.43. The predicted octanol–water partition coefficient (Wildman–Crippen LogP) is 4.13. The van der Waals surface area contributed by atoms with Gasteiger partial charge in [0.1, 0.15) is 16.5 Å². The number of hydrogen-bond donors (Lipinski definition) is 1. The van der Waals surface area contributed by atoms with Crippen LogP contribution in [-0.4, -0.2) is 40.0 Å². The van der Waals surface area contributed by atoms with Crippen molar-refractivity contribution in [2.45, 2.75) is 64.5 Å². The van der Waals surface area contributed by atoms with E-state index in [9.17, 15) is 0 Å². The van der Waals surface area contributed by atoms with Crippen LogP contribution < -0.4 is 5.32 Å². The average molecular weight is 331 g/mol. The Labute approximate surface area is 142 Å². The summed E-state index contributed by atoms with van der Waals surface area (Å²) in [6, 6.07) is 1.41. The SMILES string of the molecule is Cc1nc(NC2CCN(C3CCCC3)CC2)c2c(C)csc2n1. The Morgan fingerprint density at radius 2 is 1.83 bits per heavy atom. The number of aromatic nitrogens is 2. The fourth-order valence-electron chi connectivity index (χ4n) is 4.17. The van der Waals surface area contributed by atoms with Crippen LogP contribution in [-0.2, 0) is 0 Å². The topological polar surface area (TPSA) is 41.1 Å². The summed E-state index contributed by atoms with van der Waals surface area (Å²) in [6.45, 7) is 6.62. The zero-order valence-electron chi connectivity index (χ0n) is 14.1. The molecular formula is C18H26N4S. The van der Waals surface area contributed by atoms with Crippen LogP contribution in [0.3, 0.4) is 0 Å². The van der Waals surface area contributed by atoms with Gasteiger partial charge in [-0.3, -0.25) is 0 Å².